The van der Waals surface area contributed by atoms with Gasteiger partial charge < -0.3 is 0 Å². The number of nitrogens with zero attached hydrogens (tertiary/aromatic N) is 2. The molecule has 1 atom stereocenters. The molecule has 0 aliphatic rings. The number of hydrogen-bond donors (Lipinski definition) is 0. The lowest BCUT2D eigenvalue weighted by molar-refractivity contribution is 0.452. The quantitative estimate of drug-likeness (QED) is 0.406. The van der Waals surface area contributed by atoms with E-state index < -0.39 is 12.0 Å². The van der Waals surface area contributed by atoms with Gasteiger partial charge in [0.15, 0.2) is 0 Å². The van der Waals surface area contributed by atoms with Crippen LogP contribution in [0.15, 0.2) is 6.07 Å². The third kappa shape index (κ3) is 4.75. The molecule has 1 heterocycles. The first kappa shape index (κ1) is 14.0. The van der Waals surface area contributed by atoms with E-state index in [0.717, 1.165) is 38.5 Å². The summed E-state index contributed by atoms with van der Waals surface area (Å²) in [6.07, 6.45) is 5.26. The van der Waals surface area contributed by atoms with Crippen molar-refractivity contribution >= 4 is 0 Å². The van der Waals surface area contributed by atoms with Gasteiger partial charge in [-0.25, -0.2) is 4.98 Å². The maximum absolute atomic E-state index is 13.0. The molecule has 0 fully saturated rings. The van der Waals surface area contributed by atoms with Gasteiger partial charge in [-0.05, 0) is 12.8 Å². The number of hydrogen-bond acceptors (Lipinski definition) is 2. The molecule has 0 aliphatic carbocycles. The summed E-state index contributed by atoms with van der Waals surface area (Å²) in [5, 5.41) is 0. The average molecular weight is 242 g/mol. The SMILES string of the molecule is CCCCCC(CCC)c1cc(F)nc(F)n1. The molecule has 96 valence electrons. The third-order valence-corrected chi connectivity index (χ3v) is 2.90. The van der Waals surface area contributed by atoms with Crippen molar-refractivity contribution in [3.05, 3.63) is 23.8 Å². The lowest BCUT2D eigenvalue weighted by atomic mass is 9.93. The predicted octanol–water partition coefficient (Wildman–Crippen LogP) is 4.22. The predicted molar refractivity (Wildman–Crippen MR) is 63.7 cm³/mol. The minimum Gasteiger partial charge on any atom is -0.207 e. The van der Waals surface area contributed by atoms with Crippen LogP contribution in [0.2, 0.25) is 0 Å². The summed E-state index contributed by atoms with van der Waals surface area (Å²) in [6.45, 7) is 4.21. The van der Waals surface area contributed by atoms with Gasteiger partial charge in [0.25, 0.3) is 0 Å². The Bertz CT molecular complexity index is 322. The molecule has 0 aliphatic heterocycles. The van der Waals surface area contributed by atoms with Crippen LogP contribution in [-0.4, -0.2) is 9.97 Å². The van der Waals surface area contributed by atoms with Crippen molar-refractivity contribution < 1.29 is 8.78 Å². The number of halogens is 2. The van der Waals surface area contributed by atoms with E-state index in [1.165, 1.54) is 6.07 Å². The average Bonchev–Trinajstić information content (AvgIpc) is 2.27. The highest BCUT2D eigenvalue weighted by atomic mass is 19.1. The fourth-order valence-electron chi connectivity index (χ4n) is 2.04. The fraction of sp³-hybridized carbons (Fsp3) is 0.692. The molecular formula is C13H20F2N2. The van der Waals surface area contributed by atoms with Crippen molar-refractivity contribution in [2.24, 2.45) is 0 Å². The highest BCUT2D eigenvalue weighted by Gasteiger charge is 2.14. The first-order chi connectivity index (χ1) is 8.17. The highest BCUT2D eigenvalue weighted by molar-refractivity contribution is 5.07. The minimum atomic E-state index is -0.961. The van der Waals surface area contributed by atoms with Gasteiger partial charge in [0.1, 0.15) is 0 Å². The van der Waals surface area contributed by atoms with Crippen LogP contribution in [0.3, 0.4) is 0 Å². The van der Waals surface area contributed by atoms with E-state index >= 15 is 0 Å². The zero-order chi connectivity index (χ0) is 12.7. The van der Waals surface area contributed by atoms with Crippen LogP contribution < -0.4 is 0 Å². The van der Waals surface area contributed by atoms with Crippen molar-refractivity contribution in [3.8, 4) is 0 Å². The Kier molecular flexibility index (Phi) is 6.01. The van der Waals surface area contributed by atoms with Crippen LogP contribution >= 0.6 is 0 Å². The van der Waals surface area contributed by atoms with E-state index in [2.05, 4.69) is 23.8 Å². The Morgan fingerprint density at radius 2 is 1.82 bits per heavy atom. The molecule has 0 radical (unpaired) electrons. The van der Waals surface area contributed by atoms with Crippen molar-refractivity contribution in [3.63, 3.8) is 0 Å². The molecule has 0 bridgehead atoms. The second-order valence-corrected chi connectivity index (χ2v) is 4.37. The first-order valence-corrected chi connectivity index (χ1v) is 6.37. The van der Waals surface area contributed by atoms with E-state index in [1.807, 2.05) is 0 Å². The van der Waals surface area contributed by atoms with Crippen LogP contribution in [0.4, 0.5) is 8.78 Å². The zero-order valence-corrected chi connectivity index (χ0v) is 10.5. The largest absolute Gasteiger partial charge is 0.311 e. The van der Waals surface area contributed by atoms with Crippen LogP contribution in [0.5, 0.6) is 0 Å². The number of rotatable bonds is 7. The first-order valence-electron chi connectivity index (χ1n) is 6.37. The van der Waals surface area contributed by atoms with Gasteiger partial charge in [-0.3, -0.25) is 0 Å². The molecule has 17 heavy (non-hydrogen) atoms. The van der Waals surface area contributed by atoms with Gasteiger partial charge in [-0.1, -0.05) is 39.5 Å². The second-order valence-electron chi connectivity index (χ2n) is 4.37. The highest BCUT2D eigenvalue weighted by Crippen LogP contribution is 2.26. The van der Waals surface area contributed by atoms with Gasteiger partial charge in [-0.2, -0.15) is 13.8 Å². The second kappa shape index (κ2) is 7.30. The third-order valence-electron chi connectivity index (χ3n) is 2.90. The lowest BCUT2D eigenvalue weighted by Gasteiger charge is -2.15. The van der Waals surface area contributed by atoms with Crippen LogP contribution in [0.25, 0.3) is 0 Å². The van der Waals surface area contributed by atoms with Gasteiger partial charge in [0.05, 0.1) is 5.69 Å². The summed E-state index contributed by atoms with van der Waals surface area (Å²) in [4.78, 5) is 6.74. The van der Waals surface area contributed by atoms with Crippen LogP contribution in [0, 0.1) is 12.0 Å². The maximum atomic E-state index is 13.0. The Morgan fingerprint density at radius 1 is 1.06 bits per heavy atom. The van der Waals surface area contributed by atoms with Crippen molar-refractivity contribution in [1.82, 2.24) is 9.97 Å². The molecule has 4 heteroatoms. The molecule has 0 N–H and O–H groups in total. The molecule has 1 rings (SSSR count). The van der Waals surface area contributed by atoms with E-state index in [4.69, 9.17) is 0 Å². The van der Waals surface area contributed by atoms with Crippen molar-refractivity contribution in [2.45, 2.75) is 58.3 Å². The van der Waals surface area contributed by atoms with Crippen LogP contribution in [-0.2, 0) is 0 Å². The monoisotopic (exact) mass is 242 g/mol. The smallest absolute Gasteiger partial charge is 0.207 e. The molecular weight excluding hydrogens is 222 g/mol. The molecule has 0 saturated carbocycles. The summed E-state index contributed by atoms with van der Waals surface area (Å²) in [5.74, 6) is -0.623. The Hall–Kier alpha value is -1.06. The van der Waals surface area contributed by atoms with Gasteiger partial charge >= 0.3 is 6.08 Å². The zero-order valence-electron chi connectivity index (χ0n) is 10.5. The van der Waals surface area contributed by atoms with E-state index in [9.17, 15) is 8.78 Å². The van der Waals surface area contributed by atoms with Crippen LogP contribution in [0.1, 0.15) is 64.0 Å². The Morgan fingerprint density at radius 3 is 2.41 bits per heavy atom. The van der Waals surface area contributed by atoms with Crippen molar-refractivity contribution in [2.75, 3.05) is 0 Å². The molecule has 0 amide bonds. The number of unbranched alkanes of at least 4 members (excludes halogenated alkanes) is 2. The van der Waals surface area contributed by atoms with Gasteiger partial charge in [-0.15, -0.1) is 0 Å². The summed E-state index contributed by atoms with van der Waals surface area (Å²) in [7, 11) is 0. The molecule has 0 spiro atoms. The molecule has 1 unspecified atom stereocenters. The summed E-state index contributed by atoms with van der Waals surface area (Å²) in [5.41, 5.74) is 0.507. The molecule has 2 nitrogen and oxygen atoms in total. The normalized spacial score (nSPS) is 12.7. The van der Waals surface area contributed by atoms with E-state index in [-0.39, 0.29) is 5.92 Å². The molecule has 0 aromatic carbocycles. The molecule has 0 saturated heterocycles. The summed E-state index contributed by atoms with van der Waals surface area (Å²) >= 11 is 0. The standard InChI is InChI=1S/C13H20F2N2/c1-3-5-6-8-10(7-4-2)11-9-12(14)17-13(15)16-11/h9-10H,3-8H2,1-2H3. The van der Waals surface area contributed by atoms with Gasteiger partial charge in [0, 0.05) is 12.0 Å². The Balaban J connectivity index is 2.73. The maximum Gasteiger partial charge on any atom is 0.311 e. The minimum absolute atomic E-state index is 0.151. The lowest BCUT2D eigenvalue weighted by Crippen LogP contribution is -2.06. The molecule has 1 aromatic heterocycles. The summed E-state index contributed by atoms with van der Waals surface area (Å²) < 4.78 is 26.0. The van der Waals surface area contributed by atoms with E-state index in [1.54, 1.807) is 0 Å². The molecule has 1 aromatic rings. The summed E-state index contributed by atoms with van der Waals surface area (Å²) in [6, 6.07) is 1.26. The number of aromatic nitrogens is 2. The fourth-order valence-corrected chi connectivity index (χ4v) is 2.04. The topological polar surface area (TPSA) is 25.8 Å². The Labute approximate surface area is 101 Å². The van der Waals surface area contributed by atoms with E-state index in [0.29, 0.717) is 5.69 Å². The van der Waals surface area contributed by atoms with Gasteiger partial charge in [0.2, 0.25) is 5.95 Å². The van der Waals surface area contributed by atoms with Crippen molar-refractivity contribution in [1.29, 1.82) is 0 Å².